The molecule has 0 saturated heterocycles. The van der Waals surface area contributed by atoms with Crippen LogP contribution < -0.4 is 10.0 Å². The quantitative estimate of drug-likeness (QED) is 0.701. The third kappa shape index (κ3) is 3.33. The summed E-state index contributed by atoms with van der Waals surface area (Å²) in [6, 6.07) is 18.3. The number of carbonyl (C=O) groups excluding carboxylic acids is 1. The monoisotopic (exact) mass is 341 g/mol. The molecule has 2 atom stereocenters. The van der Waals surface area contributed by atoms with Gasteiger partial charge in [0.25, 0.3) is 0 Å². The molecule has 1 heterocycles. The van der Waals surface area contributed by atoms with Crippen LogP contribution in [0.5, 0.6) is 0 Å². The Morgan fingerprint density at radius 1 is 1.13 bits per heavy atom. The SMILES string of the molecule is O=C(NSc1nc2ccccc2s1)NC1CC1c1ccccc1. The average molecular weight is 341 g/mol. The van der Waals surface area contributed by atoms with Crippen LogP contribution in [0.15, 0.2) is 58.9 Å². The first-order chi connectivity index (χ1) is 11.3. The predicted molar refractivity (Wildman–Crippen MR) is 94.7 cm³/mol. The molecule has 23 heavy (non-hydrogen) atoms. The summed E-state index contributed by atoms with van der Waals surface area (Å²) in [4.78, 5) is 16.5. The highest BCUT2D eigenvalue weighted by molar-refractivity contribution is 7.99. The van der Waals surface area contributed by atoms with Gasteiger partial charge in [-0.15, -0.1) is 11.3 Å². The summed E-state index contributed by atoms with van der Waals surface area (Å²) in [6.45, 7) is 0. The highest BCUT2D eigenvalue weighted by Crippen LogP contribution is 2.40. The van der Waals surface area contributed by atoms with Crippen molar-refractivity contribution in [2.24, 2.45) is 0 Å². The van der Waals surface area contributed by atoms with Crippen molar-refractivity contribution < 1.29 is 4.79 Å². The molecule has 0 aliphatic heterocycles. The second kappa shape index (κ2) is 6.22. The molecule has 2 amide bonds. The first kappa shape index (κ1) is 14.5. The van der Waals surface area contributed by atoms with Crippen molar-refractivity contribution in [3.8, 4) is 0 Å². The molecule has 1 aliphatic carbocycles. The summed E-state index contributed by atoms with van der Waals surface area (Å²) in [5, 5.41) is 3.01. The fourth-order valence-corrected chi connectivity index (χ4v) is 4.25. The third-order valence-electron chi connectivity index (χ3n) is 3.84. The molecule has 2 aromatic carbocycles. The Labute approximate surface area is 142 Å². The molecule has 3 aromatic rings. The molecule has 1 aromatic heterocycles. The maximum Gasteiger partial charge on any atom is 0.325 e. The Hall–Kier alpha value is -2.05. The Bertz CT molecular complexity index is 801. The van der Waals surface area contributed by atoms with Crippen molar-refractivity contribution >= 4 is 39.5 Å². The predicted octanol–water partition coefficient (Wildman–Crippen LogP) is 4.16. The first-order valence-electron chi connectivity index (χ1n) is 7.43. The molecule has 1 saturated carbocycles. The lowest BCUT2D eigenvalue weighted by Crippen LogP contribution is -2.33. The number of nitrogens with zero attached hydrogens (tertiary/aromatic N) is 1. The van der Waals surface area contributed by atoms with Crippen molar-refractivity contribution in [2.45, 2.75) is 22.7 Å². The number of benzene rings is 2. The second-order valence-electron chi connectivity index (χ2n) is 5.48. The summed E-state index contributed by atoms with van der Waals surface area (Å²) < 4.78 is 4.79. The van der Waals surface area contributed by atoms with Crippen LogP contribution in [0, 0.1) is 0 Å². The summed E-state index contributed by atoms with van der Waals surface area (Å²) in [5.74, 6) is 0.439. The van der Waals surface area contributed by atoms with E-state index in [1.165, 1.54) is 17.5 Å². The molecule has 1 aliphatic rings. The van der Waals surface area contributed by atoms with E-state index in [2.05, 4.69) is 27.2 Å². The Morgan fingerprint density at radius 2 is 1.91 bits per heavy atom. The zero-order valence-electron chi connectivity index (χ0n) is 12.2. The van der Waals surface area contributed by atoms with Crippen molar-refractivity contribution in [3.63, 3.8) is 0 Å². The van der Waals surface area contributed by atoms with E-state index in [-0.39, 0.29) is 12.1 Å². The number of para-hydroxylation sites is 1. The lowest BCUT2D eigenvalue weighted by Gasteiger charge is -2.05. The largest absolute Gasteiger partial charge is 0.334 e. The second-order valence-corrected chi connectivity index (χ2v) is 7.57. The zero-order valence-corrected chi connectivity index (χ0v) is 13.9. The van der Waals surface area contributed by atoms with Crippen LogP contribution in [0.3, 0.4) is 0 Å². The number of urea groups is 1. The number of hydrogen-bond acceptors (Lipinski definition) is 4. The van der Waals surface area contributed by atoms with Gasteiger partial charge in [0.2, 0.25) is 0 Å². The van der Waals surface area contributed by atoms with Gasteiger partial charge in [-0.1, -0.05) is 42.5 Å². The van der Waals surface area contributed by atoms with Crippen molar-refractivity contribution in [1.29, 1.82) is 0 Å². The van der Waals surface area contributed by atoms with Crippen LogP contribution >= 0.6 is 23.3 Å². The maximum absolute atomic E-state index is 12.0. The summed E-state index contributed by atoms with van der Waals surface area (Å²) in [6.07, 6.45) is 1.00. The van der Waals surface area contributed by atoms with Gasteiger partial charge in [-0.25, -0.2) is 9.78 Å². The lowest BCUT2D eigenvalue weighted by atomic mass is 10.1. The molecule has 0 spiro atoms. The van der Waals surface area contributed by atoms with Crippen molar-refractivity contribution in [3.05, 3.63) is 60.2 Å². The van der Waals surface area contributed by atoms with Crippen molar-refractivity contribution in [2.75, 3.05) is 0 Å². The molecule has 2 unspecified atom stereocenters. The van der Waals surface area contributed by atoms with Gasteiger partial charge < -0.3 is 5.32 Å². The first-order valence-corrected chi connectivity index (χ1v) is 9.07. The minimum atomic E-state index is -0.155. The Morgan fingerprint density at radius 3 is 2.74 bits per heavy atom. The number of fused-ring (bicyclic) bond motifs is 1. The highest BCUT2D eigenvalue weighted by Gasteiger charge is 2.39. The molecule has 116 valence electrons. The Kier molecular flexibility index (Phi) is 3.93. The maximum atomic E-state index is 12.0. The molecule has 4 nitrogen and oxygen atoms in total. The van der Waals surface area contributed by atoms with E-state index in [0.717, 1.165) is 21.0 Å². The van der Waals surface area contributed by atoms with E-state index in [1.54, 1.807) is 11.3 Å². The van der Waals surface area contributed by atoms with E-state index < -0.39 is 0 Å². The van der Waals surface area contributed by atoms with Gasteiger partial charge in [0, 0.05) is 23.9 Å². The molecule has 0 radical (unpaired) electrons. The van der Waals surface area contributed by atoms with Gasteiger partial charge in [0.1, 0.15) is 0 Å². The van der Waals surface area contributed by atoms with Crippen LogP contribution in [-0.4, -0.2) is 17.1 Å². The standard InChI is InChI=1S/C17H15N3OS2/c21-16(18-14-10-12(14)11-6-2-1-3-7-11)20-23-17-19-13-8-4-5-9-15(13)22-17/h1-9,12,14H,10H2,(H2,18,20,21). The van der Waals surface area contributed by atoms with Gasteiger partial charge in [-0.3, -0.25) is 4.72 Å². The topological polar surface area (TPSA) is 54.0 Å². The molecular weight excluding hydrogens is 326 g/mol. The number of hydrogen-bond donors (Lipinski definition) is 2. The lowest BCUT2D eigenvalue weighted by molar-refractivity contribution is 0.246. The highest BCUT2D eigenvalue weighted by atomic mass is 32.2. The van der Waals surface area contributed by atoms with Crippen molar-refractivity contribution in [1.82, 2.24) is 15.0 Å². The molecule has 0 bridgehead atoms. The summed E-state index contributed by atoms with van der Waals surface area (Å²) in [7, 11) is 0. The van der Waals surface area contributed by atoms with E-state index in [9.17, 15) is 4.79 Å². The van der Waals surface area contributed by atoms with Crippen LogP contribution in [0.4, 0.5) is 4.79 Å². The average Bonchev–Trinajstić information content (AvgIpc) is 3.21. The van der Waals surface area contributed by atoms with Gasteiger partial charge in [-0.2, -0.15) is 0 Å². The molecule has 4 rings (SSSR count). The normalized spacial score (nSPS) is 19.5. The van der Waals surface area contributed by atoms with Gasteiger partial charge in [0.15, 0.2) is 4.34 Å². The fraction of sp³-hybridized carbons (Fsp3) is 0.176. The van der Waals surface area contributed by atoms with E-state index in [1.807, 2.05) is 42.5 Å². The number of carbonyl (C=O) groups is 1. The molecular formula is C17H15N3OS2. The molecule has 1 fully saturated rings. The van der Waals surface area contributed by atoms with Gasteiger partial charge in [-0.05, 0) is 24.1 Å². The minimum Gasteiger partial charge on any atom is -0.334 e. The van der Waals surface area contributed by atoms with Crippen LogP contribution in [0.1, 0.15) is 17.9 Å². The number of nitrogens with one attached hydrogen (secondary N) is 2. The van der Waals surface area contributed by atoms with Crippen LogP contribution in [0.2, 0.25) is 0 Å². The Balaban J connectivity index is 1.29. The number of amides is 2. The number of thiazole rings is 1. The molecule has 2 N–H and O–H groups in total. The van der Waals surface area contributed by atoms with E-state index in [4.69, 9.17) is 0 Å². The summed E-state index contributed by atoms with van der Waals surface area (Å²) >= 11 is 2.85. The van der Waals surface area contributed by atoms with Crippen LogP contribution in [0.25, 0.3) is 10.2 Å². The van der Waals surface area contributed by atoms with E-state index >= 15 is 0 Å². The number of rotatable bonds is 4. The number of aromatic nitrogens is 1. The minimum absolute atomic E-state index is 0.155. The third-order valence-corrected chi connectivity index (χ3v) is 5.72. The van der Waals surface area contributed by atoms with E-state index in [0.29, 0.717) is 5.92 Å². The molecule has 6 heteroatoms. The fourth-order valence-electron chi connectivity index (χ4n) is 2.61. The van der Waals surface area contributed by atoms with Gasteiger partial charge in [0.05, 0.1) is 10.2 Å². The zero-order chi connectivity index (χ0) is 15.6. The van der Waals surface area contributed by atoms with Crippen LogP contribution in [-0.2, 0) is 0 Å². The summed E-state index contributed by atoms with van der Waals surface area (Å²) in [5.41, 5.74) is 2.25. The smallest absolute Gasteiger partial charge is 0.325 e. The van der Waals surface area contributed by atoms with Gasteiger partial charge >= 0.3 is 6.03 Å².